The maximum absolute atomic E-state index is 12.8. The molecule has 0 aliphatic carbocycles. The van der Waals surface area contributed by atoms with Crippen molar-refractivity contribution in [3.8, 4) is 5.75 Å². The molecule has 114 valence electrons. The van der Waals surface area contributed by atoms with E-state index in [0.29, 0.717) is 30.1 Å². The van der Waals surface area contributed by atoms with E-state index in [2.05, 4.69) is 0 Å². The number of ether oxygens (including phenoxy) is 1. The number of rotatable bonds is 4. The number of anilines is 2. The zero-order valence-corrected chi connectivity index (χ0v) is 12.1. The minimum atomic E-state index is -0.686. The molecule has 1 atom stereocenters. The Labute approximate surface area is 128 Å². The lowest BCUT2D eigenvalue weighted by atomic mass is 10.0. The van der Waals surface area contributed by atoms with Gasteiger partial charge in [0.25, 0.3) is 5.91 Å². The maximum Gasteiger partial charge on any atom is 0.272 e. The molecule has 5 nitrogen and oxygen atoms in total. The summed E-state index contributed by atoms with van der Waals surface area (Å²) in [4.78, 5) is 14.4. The van der Waals surface area contributed by atoms with Crippen LogP contribution in [-0.2, 0) is 4.79 Å². The lowest BCUT2D eigenvalue weighted by Gasteiger charge is -2.34. The molecule has 22 heavy (non-hydrogen) atoms. The third-order valence-corrected chi connectivity index (χ3v) is 3.65. The summed E-state index contributed by atoms with van der Waals surface area (Å²) in [5.74, 6) is 0.461. The normalized spacial score (nSPS) is 17.0. The van der Waals surface area contributed by atoms with E-state index < -0.39 is 6.10 Å². The third kappa shape index (κ3) is 2.63. The number of aliphatic hydroxyl groups excluding tert-OH is 1. The molecule has 0 spiro atoms. The second kappa shape index (κ2) is 6.07. The van der Waals surface area contributed by atoms with Gasteiger partial charge in [-0.25, -0.2) is 0 Å². The SMILES string of the molecule is Nc1ccc2c(c1)OC(c1ccccc1)C(=O)N2CCCO. The van der Waals surface area contributed by atoms with Gasteiger partial charge in [0.05, 0.1) is 5.69 Å². The number of nitrogens with zero attached hydrogens (tertiary/aromatic N) is 1. The van der Waals surface area contributed by atoms with E-state index in [1.54, 1.807) is 23.1 Å². The number of hydrogen-bond acceptors (Lipinski definition) is 4. The van der Waals surface area contributed by atoms with Crippen molar-refractivity contribution < 1.29 is 14.6 Å². The van der Waals surface area contributed by atoms with E-state index in [1.165, 1.54) is 0 Å². The second-order valence-corrected chi connectivity index (χ2v) is 5.20. The Kier molecular flexibility index (Phi) is 3.98. The van der Waals surface area contributed by atoms with Crippen LogP contribution in [0.4, 0.5) is 11.4 Å². The predicted molar refractivity (Wildman–Crippen MR) is 84.7 cm³/mol. The standard InChI is InChI=1S/C17H18N2O3/c18-13-7-8-14-15(11-13)22-16(12-5-2-1-3-6-12)17(21)19(14)9-4-10-20/h1-3,5-8,11,16,20H,4,9-10,18H2. The number of amides is 1. The quantitative estimate of drug-likeness (QED) is 0.848. The van der Waals surface area contributed by atoms with Crippen LogP contribution in [0.25, 0.3) is 0 Å². The van der Waals surface area contributed by atoms with Gasteiger partial charge >= 0.3 is 0 Å². The molecule has 0 aromatic heterocycles. The van der Waals surface area contributed by atoms with Crippen LogP contribution in [0.1, 0.15) is 18.1 Å². The number of carbonyl (C=O) groups is 1. The Balaban J connectivity index is 2.01. The minimum absolute atomic E-state index is 0.0327. The summed E-state index contributed by atoms with van der Waals surface area (Å²) in [5.41, 5.74) is 7.90. The Bertz CT molecular complexity index is 673. The fourth-order valence-electron chi connectivity index (χ4n) is 2.58. The highest BCUT2D eigenvalue weighted by Crippen LogP contribution is 2.40. The van der Waals surface area contributed by atoms with Crippen molar-refractivity contribution in [2.45, 2.75) is 12.5 Å². The molecule has 3 N–H and O–H groups in total. The number of nitrogen functional groups attached to an aromatic ring is 1. The first kappa shape index (κ1) is 14.4. The number of fused-ring (bicyclic) bond motifs is 1. The van der Waals surface area contributed by atoms with E-state index in [0.717, 1.165) is 5.56 Å². The van der Waals surface area contributed by atoms with Gasteiger partial charge in [-0.3, -0.25) is 4.79 Å². The summed E-state index contributed by atoms with van der Waals surface area (Å²) in [6, 6.07) is 14.6. The molecule has 1 aliphatic heterocycles. The third-order valence-electron chi connectivity index (χ3n) is 3.65. The van der Waals surface area contributed by atoms with Crippen molar-refractivity contribution in [3.05, 3.63) is 54.1 Å². The van der Waals surface area contributed by atoms with E-state index in [1.807, 2.05) is 30.3 Å². The molecule has 0 radical (unpaired) electrons. The van der Waals surface area contributed by atoms with Crippen LogP contribution in [0, 0.1) is 0 Å². The van der Waals surface area contributed by atoms with Crippen LogP contribution in [0.3, 0.4) is 0 Å². The lowest BCUT2D eigenvalue weighted by Crippen LogP contribution is -2.42. The molecule has 1 amide bonds. The maximum atomic E-state index is 12.8. The van der Waals surface area contributed by atoms with E-state index in [-0.39, 0.29) is 12.5 Å². The van der Waals surface area contributed by atoms with E-state index in [4.69, 9.17) is 15.6 Å². The van der Waals surface area contributed by atoms with Gasteiger partial charge in [-0.2, -0.15) is 0 Å². The van der Waals surface area contributed by atoms with Crippen molar-refractivity contribution in [1.82, 2.24) is 0 Å². The largest absolute Gasteiger partial charge is 0.474 e. The average Bonchev–Trinajstić information content (AvgIpc) is 2.54. The predicted octanol–water partition coefficient (Wildman–Crippen LogP) is 2.12. The van der Waals surface area contributed by atoms with Crippen LogP contribution >= 0.6 is 0 Å². The van der Waals surface area contributed by atoms with Crippen molar-refractivity contribution in [3.63, 3.8) is 0 Å². The molecule has 1 unspecified atom stereocenters. The Morgan fingerprint density at radius 1 is 1.18 bits per heavy atom. The van der Waals surface area contributed by atoms with Gasteiger partial charge in [0.1, 0.15) is 5.75 Å². The zero-order chi connectivity index (χ0) is 15.5. The fourth-order valence-corrected chi connectivity index (χ4v) is 2.58. The molecule has 2 aromatic rings. The average molecular weight is 298 g/mol. The second-order valence-electron chi connectivity index (χ2n) is 5.20. The number of benzene rings is 2. The smallest absolute Gasteiger partial charge is 0.272 e. The molecular weight excluding hydrogens is 280 g/mol. The van der Waals surface area contributed by atoms with Crippen LogP contribution in [-0.4, -0.2) is 24.2 Å². The van der Waals surface area contributed by atoms with Crippen LogP contribution in [0.2, 0.25) is 0 Å². The molecule has 0 bridgehead atoms. The first-order valence-electron chi connectivity index (χ1n) is 7.24. The Morgan fingerprint density at radius 2 is 1.95 bits per heavy atom. The number of aliphatic hydroxyl groups is 1. The van der Waals surface area contributed by atoms with Crippen molar-refractivity contribution in [2.24, 2.45) is 0 Å². The van der Waals surface area contributed by atoms with E-state index >= 15 is 0 Å². The fraction of sp³-hybridized carbons (Fsp3) is 0.235. The zero-order valence-electron chi connectivity index (χ0n) is 12.1. The van der Waals surface area contributed by atoms with Gasteiger partial charge in [0, 0.05) is 30.5 Å². The first-order valence-corrected chi connectivity index (χ1v) is 7.24. The van der Waals surface area contributed by atoms with E-state index in [9.17, 15) is 4.79 Å². The van der Waals surface area contributed by atoms with Crippen molar-refractivity contribution in [2.75, 3.05) is 23.8 Å². The first-order chi connectivity index (χ1) is 10.7. The topological polar surface area (TPSA) is 75.8 Å². The van der Waals surface area contributed by atoms with Gasteiger partial charge in [-0.1, -0.05) is 30.3 Å². The number of carbonyl (C=O) groups excluding carboxylic acids is 1. The Hall–Kier alpha value is -2.53. The molecule has 0 saturated carbocycles. The highest BCUT2D eigenvalue weighted by molar-refractivity contribution is 6.00. The molecule has 1 aliphatic rings. The molecule has 2 aromatic carbocycles. The van der Waals surface area contributed by atoms with Crippen LogP contribution < -0.4 is 15.4 Å². The lowest BCUT2D eigenvalue weighted by molar-refractivity contribution is -0.126. The molecule has 0 fully saturated rings. The summed E-state index contributed by atoms with van der Waals surface area (Å²) < 4.78 is 5.89. The van der Waals surface area contributed by atoms with Crippen molar-refractivity contribution >= 4 is 17.3 Å². The molecule has 5 heteroatoms. The van der Waals surface area contributed by atoms with Gasteiger partial charge < -0.3 is 20.5 Å². The summed E-state index contributed by atoms with van der Waals surface area (Å²) in [7, 11) is 0. The summed E-state index contributed by atoms with van der Waals surface area (Å²) >= 11 is 0. The van der Waals surface area contributed by atoms with Crippen molar-refractivity contribution in [1.29, 1.82) is 0 Å². The summed E-state index contributed by atoms with van der Waals surface area (Å²) in [6.07, 6.45) is -0.175. The highest BCUT2D eigenvalue weighted by Gasteiger charge is 2.35. The minimum Gasteiger partial charge on any atom is -0.474 e. The number of hydrogen-bond donors (Lipinski definition) is 2. The molecule has 0 saturated heterocycles. The van der Waals surface area contributed by atoms with Gasteiger partial charge in [-0.05, 0) is 18.6 Å². The van der Waals surface area contributed by atoms with Crippen LogP contribution in [0.15, 0.2) is 48.5 Å². The summed E-state index contributed by atoms with van der Waals surface area (Å²) in [5, 5.41) is 9.07. The highest BCUT2D eigenvalue weighted by atomic mass is 16.5. The molecular formula is C17H18N2O3. The molecule has 3 rings (SSSR count). The summed E-state index contributed by atoms with van der Waals surface area (Å²) in [6.45, 7) is 0.476. The van der Waals surface area contributed by atoms with Gasteiger partial charge in [-0.15, -0.1) is 0 Å². The monoisotopic (exact) mass is 298 g/mol. The van der Waals surface area contributed by atoms with Crippen LogP contribution in [0.5, 0.6) is 5.75 Å². The number of nitrogens with two attached hydrogens (primary N) is 1. The van der Waals surface area contributed by atoms with Gasteiger partial charge in [0.2, 0.25) is 6.10 Å². The molecule has 1 heterocycles. The Morgan fingerprint density at radius 3 is 2.68 bits per heavy atom. The van der Waals surface area contributed by atoms with Gasteiger partial charge in [0.15, 0.2) is 0 Å².